The summed E-state index contributed by atoms with van der Waals surface area (Å²) in [6.45, 7) is 0.582. The largest absolute Gasteiger partial charge is 0.438 e. The molecule has 22 heavy (non-hydrogen) atoms. The van der Waals surface area contributed by atoms with Crippen LogP contribution in [0.5, 0.6) is 0 Å². The van der Waals surface area contributed by atoms with Crippen molar-refractivity contribution in [2.24, 2.45) is 0 Å². The summed E-state index contributed by atoms with van der Waals surface area (Å²) < 4.78 is 30.7. The van der Waals surface area contributed by atoms with Crippen LogP contribution in [-0.4, -0.2) is 42.8 Å². The molecule has 0 aliphatic carbocycles. The number of rotatable bonds is 4. The lowest BCUT2D eigenvalue weighted by Crippen LogP contribution is -2.30. The monoisotopic (exact) mass is 324 g/mol. The fourth-order valence-electron chi connectivity index (χ4n) is 2.58. The number of furan rings is 1. The Kier molecular flexibility index (Phi) is 3.75. The zero-order valence-corrected chi connectivity index (χ0v) is 12.8. The van der Waals surface area contributed by atoms with Gasteiger partial charge in [-0.15, -0.1) is 0 Å². The number of imidazole rings is 1. The standard InChI is InChI=1S/C13H16N4O4S/c1-14-22(19,20)11-5-4-10(21-11)13(18)17-8-2-3-9(17)12-15-6-7-16-12/h4-7,9,14H,2-3,8H2,1H3,(H,15,16)/t9-/m1/s1. The van der Waals surface area contributed by atoms with Gasteiger partial charge in [0.05, 0.1) is 6.04 Å². The molecule has 2 N–H and O–H groups in total. The topological polar surface area (TPSA) is 108 Å². The minimum atomic E-state index is -3.70. The number of nitrogens with zero attached hydrogens (tertiary/aromatic N) is 2. The van der Waals surface area contributed by atoms with Gasteiger partial charge in [-0.3, -0.25) is 4.79 Å². The lowest BCUT2D eigenvalue weighted by molar-refractivity contribution is 0.0692. The molecule has 1 atom stereocenters. The molecular weight excluding hydrogens is 308 g/mol. The van der Waals surface area contributed by atoms with Crippen LogP contribution in [0.2, 0.25) is 0 Å². The second kappa shape index (κ2) is 5.58. The van der Waals surface area contributed by atoms with Gasteiger partial charge in [-0.1, -0.05) is 0 Å². The second-order valence-electron chi connectivity index (χ2n) is 4.96. The van der Waals surface area contributed by atoms with Gasteiger partial charge in [0.2, 0.25) is 5.09 Å². The zero-order chi connectivity index (χ0) is 15.7. The molecule has 1 amide bonds. The average molecular weight is 324 g/mol. The van der Waals surface area contributed by atoms with Crippen molar-refractivity contribution in [3.8, 4) is 0 Å². The summed E-state index contributed by atoms with van der Waals surface area (Å²) in [5.41, 5.74) is 0. The third kappa shape index (κ3) is 2.53. The molecule has 1 fully saturated rings. The molecule has 2 aromatic heterocycles. The highest BCUT2D eigenvalue weighted by atomic mass is 32.2. The molecule has 1 saturated heterocycles. The van der Waals surface area contributed by atoms with E-state index in [9.17, 15) is 13.2 Å². The highest BCUT2D eigenvalue weighted by Gasteiger charge is 2.34. The molecule has 0 radical (unpaired) electrons. The normalized spacial score (nSPS) is 18.8. The Morgan fingerprint density at radius 2 is 2.32 bits per heavy atom. The van der Waals surface area contributed by atoms with Crippen LogP contribution >= 0.6 is 0 Å². The van der Waals surface area contributed by atoms with E-state index in [0.717, 1.165) is 18.7 Å². The van der Waals surface area contributed by atoms with Crippen molar-refractivity contribution >= 4 is 15.9 Å². The summed E-state index contributed by atoms with van der Waals surface area (Å²) in [4.78, 5) is 21.4. The van der Waals surface area contributed by atoms with Crippen LogP contribution in [0.15, 0.2) is 34.0 Å². The molecule has 1 aliphatic heterocycles. The zero-order valence-electron chi connectivity index (χ0n) is 11.9. The number of carbonyl (C=O) groups is 1. The number of aromatic amines is 1. The maximum atomic E-state index is 12.6. The summed E-state index contributed by atoms with van der Waals surface area (Å²) in [5, 5.41) is -0.271. The quantitative estimate of drug-likeness (QED) is 0.868. The van der Waals surface area contributed by atoms with E-state index in [1.54, 1.807) is 17.3 Å². The number of carbonyl (C=O) groups excluding carboxylic acids is 1. The van der Waals surface area contributed by atoms with Crippen LogP contribution in [0, 0.1) is 0 Å². The Bertz CT molecular complexity index is 766. The number of aromatic nitrogens is 2. The Morgan fingerprint density at radius 3 is 3.00 bits per heavy atom. The predicted octanol–water partition coefficient (Wildman–Crippen LogP) is 0.888. The molecule has 0 unspecified atom stereocenters. The smallest absolute Gasteiger partial charge is 0.290 e. The van der Waals surface area contributed by atoms with Gasteiger partial charge in [0.15, 0.2) is 5.76 Å². The van der Waals surface area contributed by atoms with E-state index >= 15 is 0 Å². The van der Waals surface area contributed by atoms with Gasteiger partial charge in [0.1, 0.15) is 5.82 Å². The molecule has 3 rings (SSSR count). The van der Waals surface area contributed by atoms with Crippen LogP contribution in [0.25, 0.3) is 0 Å². The Hall–Kier alpha value is -2.13. The summed E-state index contributed by atoms with van der Waals surface area (Å²) in [6.07, 6.45) is 5.02. The Balaban J connectivity index is 1.85. The fraction of sp³-hybridized carbons (Fsp3) is 0.385. The molecule has 9 heteroatoms. The van der Waals surface area contributed by atoms with Crippen LogP contribution in [0.3, 0.4) is 0 Å². The summed E-state index contributed by atoms with van der Waals surface area (Å²) in [5.74, 6) is 0.393. The van der Waals surface area contributed by atoms with E-state index < -0.39 is 10.0 Å². The van der Waals surface area contributed by atoms with Crippen LogP contribution < -0.4 is 4.72 Å². The molecule has 8 nitrogen and oxygen atoms in total. The van der Waals surface area contributed by atoms with Crippen LogP contribution in [-0.2, 0) is 10.0 Å². The maximum Gasteiger partial charge on any atom is 0.290 e. The van der Waals surface area contributed by atoms with Crippen LogP contribution in [0.4, 0.5) is 0 Å². The Labute approximate surface area is 127 Å². The van der Waals surface area contributed by atoms with Gasteiger partial charge in [-0.05, 0) is 32.0 Å². The molecule has 2 aromatic rings. The highest BCUT2D eigenvalue weighted by Crippen LogP contribution is 2.31. The number of hydrogen-bond acceptors (Lipinski definition) is 5. The number of sulfonamides is 1. The van der Waals surface area contributed by atoms with Crippen molar-refractivity contribution in [1.82, 2.24) is 19.6 Å². The van der Waals surface area contributed by atoms with E-state index in [0.29, 0.717) is 6.54 Å². The third-order valence-electron chi connectivity index (χ3n) is 3.67. The molecular formula is C13H16N4O4S. The molecule has 3 heterocycles. The number of H-pyrrole nitrogens is 1. The number of hydrogen-bond donors (Lipinski definition) is 2. The molecule has 118 valence electrons. The fourth-order valence-corrected chi connectivity index (χ4v) is 3.22. The second-order valence-corrected chi connectivity index (χ2v) is 6.77. The first-order chi connectivity index (χ1) is 10.5. The van der Waals surface area contributed by atoms with Crippen molar-refractivity contribution in [1.29, 1.82) is 0 Å². The first kappa shape index (κ1) is 14.8. The van der Waals surface area contributed by atoms with Crippen molar-refractivity contribution in [2.45, 2.75) is 24.0 Å². The maximum absolute atomic E-state index is 12.6. The van der Waals surface area contributed by atoms with E-state index in [1.807, 2.05) is 0 Å². The lowest BCUT2D eigenvalue weighted by atomic mass is 10.2. The van der Waals surface area contributed by atoms with Gasteiger partial charge >= 0.3 is 0 Å². The van der Waals surface area contributed by atoms with Crippen molar-refractivity contribution in [3.63, 3.8) is 0 Å². The lowest BCUT2D eigenvalue weighted by Gasteiger charge is -2.21. The summed E-state index contributed by atoms with van der Waals surface area (Å²) >= 11 is 0. The van der Waals surface area contributed by atoms with Gasteiger partial charge < -0.3 is 14.3 Å². The minimum absolute atomic E-state index is 0.00674. The summed E-state index contributed by atoms with van der Waals surface area (Å²) in [7, 11) is -2.41. The summed E-state index contributed by atoms with van der Waals surface area (Å²) in [6, 6.07) is 2.51. The van der Waals surface area contributed by atoms with E-state index in [1.165, 1.54) is 19.2 Å². The number of likely N-dealkylation sites (tertiary alicyclic amines) is 1. The van der Waals surface area contributed by atoms with Crippen LogP contribution in [0.1, 0.15) is 35.3 Å². The third-order valence-corrected chi connectivity index (χ3v) is 4.96. The molecule has 0 saturated carbocycles. The average Bonchev–Trinajstić information content (AvgIpc) is 3.25. The van der Waals surface area contributed by atoms with Gasteiger partial charge in [0.25, 0.3) is 15.9 Å². The van der Waals surface area contributed by atoms with Crippen molar-refractivity contribution in [2.75, 3.05) is 13.6 Å². The Morgan fingerprint density at radius 1 is 1.50 bits per heavy atom. The van der Waals surface area contributed by atoms with E-state index in [2.05, 4.69) is 14.7 Å². The van der Waals surface area contributed by atoms with Crippen molar-refractivity contribution in [3.05, 3.63) is 36.1 Å². The predicted molar refractivity (Wildman–Crippen MR) is 76.6 cm³/mol. The van der Waals surface area contributed by atoms with Gasteiger partial charge in [-0.2, -0.15) is 0 Å². The SMILES string of the molecule is CNS(=O)(=O)c1ccc(C(=O)N2CCC[C@@H]2c2ncc[nH]2)o1. The number of amides is 1. The van der Waals surface area contributed by atoms with Gasteiger partial charge in [0, 0.05) is 18.9 Å². The molecule has 0 aromatic carbocycles. The molecule has 0 bridgehead atoms. The minimum Gasteiger partial charge on any atom is -0.438 e. The van der Waals surface area contributed by atoms with Crippen molar-refractivity contribution < 1.29 is 17.6 Å². The molecule has 1 aliphatic rings. The highest BCUT2D eigenvalue weighted by molar-refractivity contribution is 7.89. The first-order valence-electron chi connectivity index (χ1n) is 6.86. The van der Waals surface area contributed by atoms with Gasteiger partial charge in [-0.25, -0.2) is 18.1 Å². The van der Waals surface area contributed by atoms with E-state index in [4.69, 9.17) is 4.42 Å². The molecule has 0 spiro atoms. The first-order valence-corrected chi connectivity index (χ1v) is 8.35. The number of nitrogens with one attached hydrogen (secondary N) is 2. The van der Waals surface area contributed by atoms with E-state index in [-0.39, 0.29) is 22.8 Å².